The van der Waals surface area contributed by atoms with E-state index in [4.69, 9.17) is 0 Å². The van der Waals surface area contributed by atoms with Crippen LogP contribution in [-0.2, 0) is 10.9 Å². The predicted octanol–water partition coefficient (Wildman–Crippen LogP) is 0.788. The Hall–Kier alpha value is -1.10. The first kappa shape index (κ1) is 8.99. The molecule has 12 heavy (non-hydrogen) atoms. The summed E-state index contributed by atoms with van der Waals surface area (Å²) in [6.07, 6.45) is 0. The Labute approximate surface area is 71.5 Å². The number of benzene rings is 1. The molecule has 0 spiro atoms. The molecule has 0 saturated carbocycles. The summed E-state index contributed by atoms with van der Waals surface area (Å²) in [5, 5.41) is 0. The molecule has 0 aliphatic rings. The first-order chi connectivity index (χ1) is 5.61. The molecular weight excluding hydrogens is 181 g/mol. The Morgan fingerprint density at radius 3 is 2.17 bits per heavy atom. The molecule has 3 nitrogen and oxygen atoms in total. The molecule has 0 bridgehead atoms. The third-order valence-electron chi connectivity index (χ3n) is 1.45. The number of anilines is 1. The third kappa shape index (κ3) is 1.94. The molecule has 0 fully saturated rings. The van der Waals surface area contributed by atoms with Gasteiger partial charge in [-0.3, -0.25) is 4.31 Å². The zero-order valence-electron chi connectivity index (χ0n) is 6.40. The van der Waals surface area contributed by atoms with Gasteiger partial charge in [0.2, 0.25) is 10.9 Å². The minimum absolute atomic E-state index is 0.381. The lowest BCUT2D eigenvalue weighted by Crippen LogP contribution is -2.13. The summed E-state index contributed by atoms with van der Waals surface area (Å²) < 4.78 is 34.3. The second kappa shape index (κ2) is 3.53. The normalized spacial score (nSPS) is 10.2. The maximum Gasteiger partial charge on any atom is 0.224 e. The molecule has 66 valence electrons. The number of hydrogen-bond donors (Lipinski definition) is 1. The van der Waals surface area contributed by atoms with Crippen LogP contribution in [0.1, 0.15) is 0 Å². The Kier molecular flexibility index (Phi) is 2.65. The summed E-state index contributed by atoms with van der Waals surface area (Å²) in [7, 11) is -1.23. The van der Waals surface area contributed by atoms with Gasteiger partial charge in [-0.1, -0.05) is 0 Å². The van der Waals surface area contributed by atoms with Gasteiger partial charge in [0.1, 0.15) is 5.82 Å². The quantitative estimate of drug-likeness (QED) is 0.698. The van der Waals surface area contributed by atoms with Crippen molar-refractivity contribution in [2.24, 2.45) is 0 Å². The monoisotopic (exact) mass is 189 g/mol. The Bertz CT molecular complexity index is 326. The van der Waals surface area contributed by atoms with E-state index in [0.29, 0.717) is 5.69 Å². The van der Waals surface area contributed by atoms with E-state index in [9.17, 15) is 12.8 Å². The van der Waals surface area contributed by atoms with Gasteiger partial charge < -0.3 is 0 Å². The largest absolute Gasteiger partial charge is 0.275 e. The van der Waals surface area contributed by atoms with Crippen LogP contribution in [0, 0.1) is 5.82 Å². The fourth-order valence-electron chi connectivity index (χ4n) is 0.751. The number of hydrogen-bond acceptors (Lipinski definition) is 2. The van der Waals surface area contributed by atoms with Crippen molar-refractivity contribution in [3.8, 4) is 0 Å². The van der Waals surface area contributed by atoms with E-state index in [1.165, 1.54) is 31.3 Å². The Morgan fingerprint density at radius 1 is 1.25 bits per heavy atom. The molecule has 5 heteroatoms. The van der Waals surface area contributed by atoms with Crippen molar-refractivity contribution in [1.82, 2.24) is 0 Å². The summed E-state index contributed by atoms with van der Waals surface area (Å²) in [6, 6.07) is 5.23. The van der Waals surface area contributed by atoms with Crippen LogP contribution in [0.5, 0.6) is 0 Å². The number of thiol groups is 1. The highest BCUT2D eigenvalue weighted by Crippen LogP contribution is 2.12. The average Bonchev–Trinajstić information content (AvgIpc) is 2.04. The fourth-order valence-corrected chi connectivity index (χ4v) is 1.07. The molecular formula is C7H8FNO2S. The van der Waals surface area contributed by atoms with E-state index in [1.807, 2.05) is 0 Å². The number of rotatable bonds is 2. The Morgan fingerprint density at radius 2 is 1.75 bits per heavy atom. The lowest BCUT2D eigenvalue weighted by atomic mass is 10.3. The van der Waals surface area contributed by atoms with Crippen LogP contribution in [-0.4, -0.2) is 15.5 Å². The van der Waals surface area contributed by atoms with E-state index in [2.05, 4.69) is 0 Å². The lowest BCUT2D eigenvalue weighted by molar-refractivity contribution is 0.612. The summed E-state index contributed by atoms with van der Waals surface area (Å²) in [5.74, 6) is -0.381. The first-order valence-corrected chi connectivity index (χ1v) is 4.38. The highest BCUT2D eigenvalue weighted by molar-refractivity contribution is 7.74. The maximum absolute atomic E-state index is 12.4. The van der Waals surface area contributed by atoms with Gasteiger partial charge in [0.25, 0.3) is 0 Å². The molecule has 0 N–H and O–H groups in total. The van der Waals surface area contributed by atoms with E-state index in [1.54, 1.807) is 0 Å². The number of halogens is 1. The second-order valence-corrected chi connectivity index (χ2v) is 3.31. The Balaban J connectivity index is 2.97. The molecule has 1 rings (SSSR count). The van der Waals surface area contributed by atoms with E-state index < -0.39 is 10.9 Å². The van der Waals surface area contributed by atoms with Crippen molar-refractivity contribution >= 4 is 16.6 Å². The van der Waals surface area contributed by atoms with Crippen LogP contribution in [0.3, 0.4) is 0 Å². The molecule has 0 aliphatic carbocycles. The molecule has 0 heterocycles. The molecule has 0 aromatic heterocycles. The minimum Gasteiger partial charge on any atom is -0.275 e. The highest BCUT2D eigenvalue weighted by atomic mass is 32.2. The molecule has 0 saturated heterocycles. The molecule has 1 aromatic rings. The second-order valence-electron chi connectivity index (χ2n) is 2.24. The standard InChI is InChI=1S/C7H8FNO2S/c1-9(12(10)11)7-4-2-6(8)3-5-7/h2-5,12H,1H3. The van der Waals surface area contributed by atoms with Gasteiger partial charge in [-0.2, -0.15) is 0 Å². The van der Waals surface area contributed by atoms with Gasteiger partial charge in [-0.15, -0.1) is 0 Å². The zero-order valence-corrected chi connectivity index (χ0v) is 7.29. The lowest BCUT2D eigenvalue weighted by Gasteiger charge is -2.09. The van der Waals surface area contributed by atoms with Crippen LogP contribution in [0.15, 0.2) is 24.3 Å². The van der Waals surface area contributed by atoms with Crippen LogP contribution >= 0.6 is 0 Å². The van der Waals surface area contributed by atoms with Crippen LogP contribution in [0.25, 0.3) is 0 Å². The van der Waals surface area contributed by atoms with Crippen molar-refractivity contribution < 1.29 is 12.8 Å². The highest BCUT2D eigenvalue weighted by Gasteiger charge is 2.00. The molecule has 0 amide bonds. The summed E-state index contributed by atoms with van der Waals surface area (Å²) in [4.78, 5) is 0. The van der Waals surface area contributed by atoms with Crippen LogP contribution in [0.2, 0.25) is 0 Å². The van der Waals surface area contributed by atoms with Gasteiger partial charge in [0.05, 0.1) is 5.69 Å². The van der Waals surface area contributed by atoms with E-state index in [-0.39, 0.29) is 5.82 Å². The van der Waals surface area contributed by atoms with Crippen molar-refractivity contribution in [1.29, 1.82) is 0 Å². The van der Waals surface area contributed by atoms with Gasteiger partial charge in [-0.05, 0) is 24.3 Å². The summed E-state index contributed by atoms with van der Waals surface area (Å²) >= 11 is 0. The van der Waals surface area contributed by atoms with Gasteiger partial charge in [-0.25, -0.2) is 12.8 Å². The van der Waals surface area contributed by atoms with Crippen LogP contribution in [0.4, 0.5) is 10.1 Å². The molecule has 1 aromatic carbocycles. The average molecular weight is 189 g/mol. The first-order valence-electron chi connectivity index (χ1n) is 3.25. The summed E-state index contributed by atoms with van der Waals surface area (Å²) in [5.41, 5.74) is 0.451. The smallest absolute Gasteiger partial charge is 0.224 e. The van der Waals surface area contributed by atoms with Crippen molar-refractivity contribution in [3.63, 3.8) is 0 Å². The number of nitrogens with zero attached hydrogens (tertiary/aromatic N) is 1. The van der Waals surface area contributed by atoms with Gasteiger partial charge in [0.15, 0.2) is 0 Å². The van der Waals surface area contributed by atoms with Crippen molar-refractivity contribution in [2.45, 2.75) is 0 Å². The maximum atomic E-state index is 12.4. The van der Waals surface area contributed by atoms with Gasteiger partial charge >= 0.3 is 0 Å². The molecule has 0 unspecified atom stereocenters. The van der Waals surface area contributed by atoms with Crippen LogP contribution < -0.4 is 4.31 Å². The topological polar surface area (TPSA) is 37.4 Å². The van der Waals surface area contributed by atoms with Crippen molar-refractivity contribution in [3.05, 3.63) is 30.1 Å². The van der Waals surface area contributed by atoms with E-state index >= 15 is 0 Å². The van der Waals surface area contributed by atoms with Crippen molar-refractivity contribution in [2.75, 3.05) is 11.4 Å². The fraction of sp³-hybridized carbons (Fsp3) is 0.143. The third-order valence-corrected chi connectivity index (χ3v) is 2.17. The zero-order chi connectivity index (χ0) is 9.14. The van der Waals surface area contributed by atoms with Gasteiger partial charge in [0, 0.05) is 7.05 Å². The minimum atomic E-state index is -2.64. The molecule has 0 radical (unpaired) electrons. The molecule has 0 atom stereocenters. The SMILES string of the molecule is CN(c1ccc(F)cc1)[SH](=O)=O. The summed E-state index contributed by atoms with van der Waals surface area (Å²) in [6.45, 7) is 0. The predicted molar refractivity (Wildman–Crippen MR) is 45.1 cm³/mol. The van der Waals surface area contributed by atoms with E-state index in [0.717, 1.165) is 4.31 Å². The molecule has 0 aliphatic heterocycles.